The summed E-state index contributed by atoms with van der Waals surface area (Å²) in [6.45, 7) is 2.15. The molecule has 0 aromatic heterocycles. The Morgan fingerprint density at radius 1 is 0.812 bits per heavy atom. The maximum atomic E-state index is 5.98. The van der Waals surface area contributed by atoms with Crippen molar-refractivity contribution in [3.05, 3.63) is 12.2 Å². The molecule has 2 rings (SSSR count). The normalized spacial score (nSPS) is 41.4. The van der Waals surface area contributed by atoms with Gasteiger partial charge in [0.1, 0.15) is 0 Å². The molecule has 0 aromatic carbocycles. The van der Waals surface area contributed by atoms with Gasteiger partial charge in [0.05, 0.1) is 0 Å². The van der Waals surface area contributed by atoms with Gasteiger partial charge >= 0.3 is 0 Å². The van der Waals surface area contributed by atoms with Crippen molar-refractivity contribution in [3.8, 4) is 0 Å². The zero-order chi connectivity index (χ0) is 11.4. The minimum Gasteiger partial charge on any atom is -0.328 e. The van der Waals surface area contributed by atoms with E-state index in [1.165, 1.54) is 51.4 Å². The molecule has 2 aliphatic rings. The summed E-state index contributed by atoms with van der Waals surface area (Å²) in [7, 11) is 0. The first-order valence-corrected chi connectivity index (χ1v) is 7.18. The van der Waals surface area contributed by atoms with Gasteiger partial charge in [0, 0.05) is 6.04 Å². The molecule has 0 saturated heterocycles. The second-order valence-electron chi connectivity index (χ2n) is 5.88. The van der Waals surface area contributed by atoms with Crippen LogP contribution in [0.3, 0.4) is 0 Å². The van der Waals surface area contributed by atoms with Gasteiger partial charge in [0.25, 0.3) is 0 Å². The molecule has 0 unspecified atom stereocenters. The van der Waals surface area contributed by atoms with Crippen LogP contribution in [0.4, 0.5) is 0 Å². The lowest BCUT2D eigenvalue weighted by atomic mass is 9.70. The fourth-order valence-electron chi connectivity index (χ4n) is 3.70. The number of allylic oxidation sites excluding steroid dienone is 2. The van der Waals surface area contributed by atoms with Crippen LogP contribution in [0.2, 0.25) is 0 Å². The summed E-state index contributed by atoms with van der Waals surface area (Å²) in [4.78, 5) is 0. The van der Waals surface area contributed by atoms with Gasteiger partial charge in [-0.1, -0.05) is 12.2 Å². The van der Waals surface area contributed by atoms with Crippen molar-refractivity contribution in [2.45, 2.75) is 64.3 Å². The molecule has 0 atom stereocenters. The summed E-state index contributed by atoms with van der Waals surface area (Å²) in [5.74, 6) is 2.91. The van der Waals surface area contributed by atoms with Crippen LogP contribution >= 0.6 is 0 Å². The standard InChI is InChI=1S/C15H27N/c1-2-3-12-4-6-13(7-5-12)14-8-10-15(16)11-9-14/h2-3,12-15H,4-11,16H2,1H3/b3-2+. The Hall–Kier alpha value is -0.300. The molecule has 2 fully saturated rings. The van der Waals surface area contributed by atoms with Crippen molar-refractivity contribution in [3.63, 3.8) is 0 Å². The third kappa shape index (κ3) is 3.10. The number of nitrogens with two attached hydrogens (primary N) is 1. The van der Waals surface area contributed by atoms with Crippen molar-refractivity contribution in [2.75, 3.05) is 0 Å². The summed E-state index contributed by atoms with van der Waals surface area (Å²) >= 11 is 0. The van der Waals surface area contributed by atoms with Crippen molar-refractivity contribution in [1.29, 1.82) is 0 Å². The molecule has 16 heavy (non-hydrogen) atoms. The summed E-state index contributed by atoms with van der Waals surface area (Å²) in [6, 6.07) is 0.510. The Labute approximate surface area is 100 Å². The first kappa shape index (κ1) is 12.2. The van der Waals surface area contributed by atoms with Crippen molar-refractivity contribution >= 4 is 0 Å². The average molecular weight is 221 g/mol. The van der Waals surface area contributed by atoms with E-state index in [0.717, 1.165) is 17.8 Å². The topological polar surface area (TPSA) is 26.0 Å². The minimum absolute atomic E-state index is 0.510. The van der Waals surface area contributed by atoms with Crippen LogP contribution in [0.15, 0.2) is 12.2 Å². The monoisotopic (exact) mass is 221 g/mol. The number of hydrogen-bond acceptors (Lipinski definition) is 1. The molecule has 1 nitrogen and oxygen atoms in total. The molecular formula is C15H27N. The molecule has 0 bridgehead atoms. The average Bonchev–Trinajstić information content (AvgIpc) is 2.32. The lowest BCUT2D eigenvalue weighted by molar-refractivity contribution is 0.172. The molecule has 0 aliphatic heterocycles. The zero-order valence-electron chi connectivity index (χ0n) is 10.7. The maximum Gasteiger partial charge on any atom is 0.00390 e. The van der Waals surface area contributed by atoms with Crippen LogP contribution in [0, 0.1) is 17.8 Å². The summed E-state index contributed by atoms with van der Waals surface area (Å²) < 4.78 is 0. The van der Waals surface area contributed by atoms with Crippen LogP contribution in [-0.4, -0.2) is 6.04 Å². The molecule has 0 amide bonds. The summed E-state index contributed by atoms with van der Waals surface area (Å²) in [6.07, 6.45) is 15.8. The van der Waals surface area contributed by atoms with Crippen molar-refractivity contribution in [2.24, 2.45) is 23.5 Å². The Kier molecular flexibility index (Phi) is 4.45. The van der Waals surface area contributed by atoms with Crippen LogP contribution < -0.4 is 5.73 Å². The van der Waals surface area contributed by atoms with Crippen LogP contribution in [0.25, 0.3) is 0 Å². The van der Waals surface area contributed by atoms with Gasteiger partial charge in [-0.3, -0.25) is 0 Å². The molecule has 2 N–H and O–H groups in total. The molecule has 0 heterocycles. The van der Waals surface area contributed by atoms with Gasteiger partial charge in [-0.05, 0) is 76.0 Å². The molecular weight excluding hydrogens is 194 g/mol. The van der Waals surface area contributed by atoms with E-state index in [1.54, 1.807) is 0 Å². The van der Waals surface area contributed by atoms with Gasteiger partial charge < -0.3 is 5.73 Å². The lowest BCUT2D eigenvalue weighted by Crippen LogP contribution is -2.31. The number of rotatable bonds is 2. The summed E-state index contributed by atoms with van der Waals surface area (Å²) in [5.41, 5.74) is 5.98. The van der Waals surface area contributed by atoms with Gasteiger partial charge in [0.2, 0.25) is 0 Å². The molecule has 0 spiro atoms. The molecule has 0 radical (unpaired) electrons. The Balaban J connectivity index is 1.76. The SMILES string of the molecule is C/C=C/C1CCC(C2CCC(N)CC2)CC1. The van der Waals surface area contributed by atoms with E-state index in [-0.39, 0.29) is 0 Å². The fraction of sp³-hybridized carbons (Fsp3) is 0.867. The third-order valence-corrected chi connectivity index (χ3v) is 4.76. The van der Waals surface area contributed by atoms with Crippen molar-refractivity contribution in [1.82, 2.24) is 0 Å². The second kappa shape index (κ2) is 5.86. The molecule has 92 valence electrons. The molecule has 1 heteroatoms. The smallest absolute Gasteiger partial charge is 0.00390 e. The van der Waals surface area contributed by atoms with E-state index in [2.05, 4.69) is 19.1 Å². The molecule has 2 saturated carbocycles. The van der Waals surface area contributed by atoms with Gasteiger partial charge in [-0.25, -0.2) is 0 Å². The van der Waals surface area contributed by atoms with E-state index in [4.69, 9.17) is 5.73 Å². The molecule has 2 aliphatic carbocycles. The number of hydrogen-bond donors (Lipinski definition) is 1. The summed E-state index contributed by atoms with van der Waals surface area (Å²) in [5, 5.41) is 0. The highest BCUT2D eigenvalue weighted by Crippen LogP contribution is 2.39. The Morgan fingerprint density at radius 2 is 1.31 bits per heavy atom. The van der Waals surface area contributed by atoms with Gasteiger partial charge in [-0.15, -0.1) is 0 Å². The van der Waals surface area contributed by atoms with Crippen LogP contribution in [0.5, 0.6) is 0 Å². The van der Waals surface area contributed by atoms with E-state index < -0.39 is 0 Å². The zero-order valence-corrected chi connectivity index (χ0v) is 10.7. The lowest BCUT2D eigenvalue weighted by Gasteiger charge is -2.36. The first-order valence-electron chi connectivity index (χ1n) is 7.18. The highest BCUT2D eigenvalue weighted by Gasteiger charge is 2.29. The minimum atomic E-state index is 0.510. The molecule has 0 aromatic rings. The fourth-order valence-corrected chi connectivity index (χ4v) is 3.70. The Bertz CT molecular complexity index is 218. The van der Waals surface area contributed by atoms with E-state index in [0.29, 0.717) is 6.04 Å². The second-order valence-corrected chi connectivity index (χ2v) is 5.88. The Morgan fingerprint density at radius 3 is 1.81 bits per heavy atom. The predicted molar refractivity (Wildman–Crippen MR) is 70.2 cm³/mol. The van der Waals surface area contributed by atoms with Crippen molar-refractivity contribution < 1.29 is 0 Å². The maximum absolute atomic E-state index is 5.98. The van der Waals surface area contributed by atoms with Crippen LogP contribution in [0.1, 0.15) is 58.3 Å². The van der Waals surface area contributed by atoms with Gasteiger partial charge in [-0.2, -0.15) is 0 Å². The van der Waals surface area contributed by atoms with E-state index in [1.807, 2.05) is 0 Å². The first-order chi connectivity index (χ1) is 7.79. The predicted octanol–water partition coefficient (Wildman–Crippen LogP) is 3.89. The van der Waals surface area contributed by atoms with Crippen LogP contribution in [-0.2, 0) is 0 Å². The quantitative estimate of drug-likeness (QED) is 0.703. The van der Waals surface area contributed by atoms with E-state index >= 15 is 0 Å². The highest BCUT2D eigenvalue weighted by atomic mass is 14.6. The highest BCUT2D eigenvalue weighted by molar-refractivity contribution is 4.90. The largest absolute Gasteiger partial charge is 0.328 e. The third-order valence-electron chi connectivity index (χ3n) is 4.76. The van der Waals surface area contributed by atoms with Gasteiger partial charge in [0.15, 0.2) is 0 Å². The van der Waals surface area contributed by atoms with E-state index in [9.17, 15) is 0 Å².